The van der Waals surface area contributed by atoms with Crippen LogP contribution in [0.2, 0.25) is 0 Å². The molecule has 160 valence electrons. The Balaban J connectivity index is 2.00. The first-order valence-corrected chi connectivity index (χ1v) is 9.67. The number of hydrogen-bond acceptors (Lipinski definition) is 3. The molecule has 32 heavy (non-hydrogen) atoms. The van der Waals surface area contributed by atoms with E-state index in [1.807, 2.05) is 0 Å². The molecular formula is C25H18F2N2O3. The minimum atomic E-state index is -0.873. The zero-order valence-corrected chi connectivity index (χ0v) is 17.1. The summed E-state index contributed by atoms with van der Waals surface area (Å²) in [5.74, 6) is -2.03. The van der Waals surface area contributed by atoms with Gasteiger partial charge >= 0.3 is 0 Å². The van der Waals surface area contributed by atoms with Crippen molar-refractivity contribution in [2.24, 2.45) is 7.05 Å². The molecule has 0 bridgehead atoms. The lowest BCUT2D eigenvalue weighted by Gasteiger charge is -2.18. The highest BCUT2D eigenvalue weighted by Gasteiger charge is 2.19. The Kier molecular flexibility index (Phi) is 5.55. The molecule has 0 aliphatic heterocycles. The lowest BCUT2D eigenvalue weighted by molar-refractivity contribution is -0.111. The van der Waals surface area contributed by atoms with Crippen molar-refractivity contribution in [2.75, 3.05) is 5.32 Å². The van der Waals surface area contributed by atoms with Gasteiger partial charge in [0, 0.05) is 30.3 Å². The third-order valence-corrected chi connectivity index (χ3v) is 4.94. The Morgan fingerprint density at radius 2 is 1.78 bits per heavy atom. The van der Waals surface area contributed by atoms with Gasteiger partial charge in [-0.25, -0.2) is 8.78 Å². The van der Waals surface area contributed by atoms with Gasteiger partial charge in [-0.05, 0) is 41.8 Å². The number of aromatic nitrogens is 1. The lowest BCUT2D eigenvalue weighted by Crippen LogP contribution is -2.17. The molecule has 4 aromatic rings. The zero-order valence-electron chi connectivity index (χ0n) is 17.1. The molecule has 3 aromatic carbocycles. The summed E-state index contributed by atoms with van der Waals surface area (Å²) >= 11 is 0. The maximum Gasteiger partial charge on any atom is 0.258 e. The number of pyridine rings is 1. The summed E-state index contributed by atoms with van der Waals surface area (Å²) in [6, 6.07) is 14.9. The first-order chi connectivity index (χ1) is 15.4. The smallest absolute Gasteiger partial charge is 0.258 e. The quantitative estimate of drug-likeness (QED) is 0.430. The highest BCUT2D eigenvalue weighted by molar-refractivity contribution is 6.06. The van der Waals surface area contributed by atoms with Crippen LogP contribution in [0.5, 0.6) is 11.5 Å². The van der Waals surface area contributed by atoms with Gasteiger partial charge < -0.3 is 14.6 Å². The Hall–Kier alpha value is -4.26. The number of halogens is 2. The van der Waals surface area contributed by atoms with Gasteiger partial charge in [0.25, 0.3) is 5.56 Å². The summed E-state index contributed by atoms with van der Waals surface area (Å²) < 4.78 is 34.9. The van der Waals surface area contributed by atoms with Crippen molar-refractivity contribution >= 4 is 22.4 Å². The second-order valence-corrected chi connectivity index (χ2v) is 7.05. The molecule has 0 atom stereocenters. The molecule has 0 aliphatic carbocycles. The summed E-state index contributed by atoms with van der Waals surface area (Å²) in [6.45, 7) is 3.47. The number of amides is 1. The maximum atomic E-state index is 14.3. The van der Waals surface area contributed by atoms with Crippen molar-refractivity contribution in [2.45, 2.75) is 0 Å². The van der Waals surface area contributed by atoms with Gasteiger partial charge in [-0.2, -0.15) is 0 Å². The van der Waals surface area contributed by atoms with Crippen LogP contribution in [-0.2, 0) is 11.8 Å². The normalized spacial score (nSPS) is 10.7. The zero-order chi connectivity index (χ0) is 22.8. The number of hydrogen-bond donors (Lipinski definition) is 1. The first-order valence-electron chi connectivity index (χ1n) is 9.67. The molecule has 0 saturated carbocycles. The fraction of sp³-hybridized carbons (Fsp3) is 0.0400. The van der Waals surface area contributed by atoms with E-state index in [2.05, 4.69) is 11.9 Å². The molecule has 1 amide bonds. The van der Waals surface area contributed by atoms with Crippen LogP contribution in [0.4, 0.5) is 14.5 Å². The largest absolute Gasteiger partial charge is 0.454 e. The Morgan fingerprint density at radius 3 is 2.50 bits per heavy atom. The number of anilines is 1. The Labute approximate surface area is 182 Å². The topological polar surface area (TPSA) is 60.3 Å². The first kappa shape index (κ1) is 21.0. The molecular weight excluding hydrogens is 414 g/mol. The molecule has 0 saturated heterocycles. The summed E-state index contributed by atoms with van der Waals surface area (Å²) in [4.78, 5) is 24.7. The molecule has 0 aliphatic rings. The van der Waals surface area contributed by atoms with Crippen molar-refractivity contribution in [1.82, 2.24) is 4.57 Å². The summed E-state index contributed by atoms with van der Waals surface area (Å²) in [6.07, 6.45) is 2.74. The molecule has 5 nitrogen and oxygen atoms in total. The maximum absolute atomic E-state index is 14.3. The van der Waals surface area contributed by atoms with Gasteiger partial charge in [-0.15, -0.1) is 0 Å². The van der Waals surface area contributed by atoms with E-state index in [1.54, 1.807) is 55.7 Å². The molecule has 0 fully saturated rings. The number of carbonyl (C=O) groups is 1. The van der Waals surface area contributed by atoms with Gasteiger partial charge in [0.15, 0.2) is 11.6 Å². The van der Waals surface area contributed by atoms with Crippen molar-refractivity contribution in [3.05, 3.63) is 102 Å². The predicted octanol–water partition coefficient (Wildman–Crippen LogP) is 5.40. The van der Waals surface area contributed by atoms with E-state index in [1.165, 1.54) is 10.6 Å². The summed E-state index contributed by atoms with van der Waals surface area (Å²) in [7, 11) is 1.61. The second-order valence-electron chi connectivity index (χ2n) is 7.05. The van der Waals surface area contributed by atoms with Crippen molar-refractivity contribution in [3.8, 4) is 22.6 Å². The Bertz CT molecular complexity index is 1430. The molecule has 0 spiro atoms. The fourth-order valence-corrected chi connectivity index (χ4v) is 3.47. The van der Waals surface area contributed by atoms with Gasteiger partial charge in [-0.1, -0.05) is 30.8 Å². The number of carbonyl (C=O) groups excluding carboxylic acids is 1. The number of fused-ring (bicyclic) bond motifs is 1. The lowest BCUT2D eigenvalue weighted by atomic mass is 9.98. The van der Waals surface area contributed by atoms with E-state index in [0.717, 1.165) is 18.2 Å². The minimum absolute atomic E-state index is 0.186. The van der Waals surface area contributed by atoms with Crippen LogP contribution in [0.1, 0.15) is 0 Å². The number of nitrogens with zero attached hydrogens (tertiary/aromatic N) is 1. The molecule has 1 heterocycles. The molecule has 4 rings (SSSR count). The Morgan fingerprint density at radius 1 is 1.03 bits per heavy atom. The van der Waals surface area contributed by atoms with Crippen LogP contribution in [0.3, 0.4) is 0 Å². The van der Waals surface area contributed by atoms with Gasteiger partial charge in [0.1, 0.15) is 11.6 Å². The molecule has 7 heteroatoms. The van der Waals surface area contributed by atoms with E-state index in [-0.39, 0.29) is 17.1 Å². The van der Waals surface area contributed by atoms with Crippen molar-refractivity contribution in [3.63, 3.8) is 0 Å². The van der Waals surface area contributed by atoms with Gasteiger partial charge in [0.05, 0.1) is 11.3 Å². The molecule has 1 aromatic heterocycles. The van der Waals surface area contributed by atoms with E-state index < -0.39 is 17.5 Å². The summed E-state index contributed by atoms with van der Waals surface area (Å²) in [5.41, 5.74) is 1.20. The van der Waals surface area contributed by atoms with Gasteiger partial charge in [-0.3, -0.25) is 9.59 Å². The highest BCUT2D eigenvalue weighted by atomic mass is 19.1. The van der Waals surface area contributed by atoms with Crippen LogP contribution in [0, 0.1) is 11.6 Å². The number of aryl methyl sites for hydroxylation is 1. The minimum Gasteiger partial charge on any atom is -0.454 e. The van der Waals surface area contributed by atoms with Crippen LogP contribution >= 0.6 is 0 Å². The van der Waals surface area contributed by atoms with E-state index in [9.17, 15) is 18.4 Å². The number of rotatable bonds is 5. The third-order valence-electron chi connectivity index (χ3n) is 4.94. The molecule has 0 unspecified atom stereocenters. The fourth-order valence-electron chi connectivity index (χ4n) is 3.47. The number of nitrogens with one attached hydrogen (secondary N) is 1. The predicted molar refractivity (Wildman–Crippen MR) is 120 cm³/mol. The standard InChI is InChI=1S/C25H18F2N2O3/c1-3-23(30)28-20-9-6-10-22(32-21-12-11-15(26)13-19(21)27)24(20)18-14-29(2)25(31)17-8-5-4-7-16(17)18/h3-14H,1H2,2H3,(H,28,30). The second kappa shape index (κ2) is 8.47. The van der Waals surface area contributed by atoms with Crippen LogP contribution in [0.25, 0.3) is 21.9 Å². The SMILES string of the molecule is C=CC(=O)Nc1cccc(Oc2ccc(F)cc2F)c1-c1cn(C)c(=O)c2ccccc12. The average Bonchev–Trinajstić information content (AvgIpc) is 2.78. The highest BCUT2D eigenvalue weighted by Crippen LogP contribution is 2.42. The van der Waals surface area contributed by atoms with Crippen LogP contribution in [0.15, 0.2) is 84.3 Å². The van der Waals surface area contributed by atoms with E-state index in [0.29, 0.717) is 27.6 Å². The van der Waals surface area contributed by atoms with Crippen LogP contribution < -0.4 is 15.6 Å². The van der Waals surface area contributed by atoms with Crippen LogP contribution in [-0.4, -0.2) is 10.5 Å². The van der Waals surface area contributed by atoms with Crippen molar-refractivity contribution in [1.29, 1.82) is 0 Å². The number of ether oxygens (including phenoxy) is 1. The van der Waals surface area contributed by atoms with Crippen molar-refractivity contribution < 1.29 is 18.3 Å². The molecule has 1 N–H and O–H groups in total. The monoisotopic (exact) mass is 432 g/mol. The van der Waals surface area contributed by atoms with E-state index in [4.69, 9.17) is 4.74 Å². The van der Waals surface area contributed by atoms with Gasteiger partial charge in [0.2, 0.25) is 5.91 Å². The number of benzene rings is 3. The average molecular weight is 432 g/mol. The summed E-state index contributed by atoms with van der Waals surface area (Å²) in [5, 5.41) is 3.82. The van der Waals surface area contributed by atoms with E-state index >= 15 is 0 Å². The molecule has 0 radical (unpaired) electrons. The third kappa shape index (κ3) is 3.88.